The summed E-state index contributed by atoms with van der Waals surface area (Å²) in [7, 11) is 4.69. The quantitative estimate of drug-likeness (QED) is 0.0267. The first-order chi connectivity index (χ1) is 31.4. The number of amides is 3. The van der Waals surface area contributed by atoms with E-state index < -0.39 is 13.9 Å². The number of benzene rings is 3. The fraction of sp³-hybridized carbons (Fsp3) is 0.596. The van der Waals surface area contributed by atoms with Crippen LogP contribution in [0.15, 0.2) is 78.9 Å². The highest BCUT2D eigenvalue weighted by Crippen LogP contribution is 2.44. The molecule has 1 aliphatic rings. The summed E-state index contributed by atoms with van der Waals surface area (Å²) in [6.45, 7) is 18.3. The van der Waals surface area contributed by atoms with Gasteiger partial charge in [-0.2, -0.15) is 0 Å². The normalized spacial score (nSPS) is 15.7. The number of rotatable bonds is 29. The van der Waals surface area contributed by atoms with E-state index in [0.717, 1.165) is 78.9 Å². The fourth-order valence-corrected chi connectivity index (χ4v) is 11.8. The Balaban J connectivity index is 1.35. The predicted octanol–water partition coefficient (Wildman–Crippen LogP) is 10.3. The van der Waals surface area contributed by atoms with Gasteiger partial charge in [-0.05, 0) is 118 Å². The van der Waals surface area contributed by atoms with E-state index in [9.17, 15) is 14.4 Å². The number of unbranched alkanes of at least 4 members (excludes halogenated alkanes) is 4. The van der Waals surface area contributed by atoms with Crippen molar-refractivity contribution in [3.8, 4) is 11.5 Å². The number of nitrogens with two attached hydrogens (primary N) is 1. The van der Waals surface area contributed by atoms with E-state index in [2.05, 4.69) is 94.7 Å². The Morgan fingerprint density at radius 2 is 1.29 bits per heavy atom. The number of nitrogens with zero attached hydrogens (tertiary/aromatic N) is 1. The molecule has 1 aliphatic heterocycles. The van der Waals surface area contributed by atoms with Crippen LogP contribution in [0.25, 0.3) is 0 Å². The smallest absolute Gasteiger partial charge is 0.222 e. The van der Waals surface area contributed by atoms with E-state index in [1.165, 1.54) is 0 Å². The van der Waals surface area contributed by atoms with Crippen LogP contribution in [0, 0.1) is 0 Å². The molecule has 4 rings (SSSR count). The Hall–Kier alpha value is -3.53. The van der Waals surface area contributed by atoms with Crippen LogP contribution in [0.3, 0.4) is 0 Å². The van der Waals surface area contributed by atoms with Crippen LogP contribution in [0.1, 0.15) is 122 Å². The molecule has 66 heavy (non-hydrogen) atoms. The van der Waals surface area contributed by atoms with Gasteiger partial charge in [0, 0.05) is 49.4 Å². The lowest BCUT2D eigenvalue weighted by molar-refractivity contribution is -0.134. The number of carbonyl (C=O) groups excluding carboxylic acids is 3. The number of nitrogens with one attached hydrogen (secondary N) is 2. The van der Waals surface area contributed by atoms with Gasteiger partial charge in [0.1, 0.15) is 17.1 Å². The summed E-state index contributed by atoms with van der Waals surface area (Å²) in [6, 6.07) is 26.1. The van der Waals surface area contributed by atoms with Crippen molar-refractivity contribution in [2.75, 3.05) is 52.8 Å². The third-order valence-electron chi connectivity index (χ3n) is 12.9. The second kappa shape index (κ2) is 26.9. The van der Waals surface area contributed by atoms with E-state index in [4.69, 9.17) is 24.4 Å². The van der Waals surface area contributed by atoms with Gasteiger partial charge in [-0.3, -0.25) is 14.4 Å². The third kappa shape index (κ3) is 16.9. The molecule has 3 aromatic rings. The zero-order valence-electron chi connectivity index (χ0n) is 41.4. The molecule has 0 bridgehead atoms. The molecule has 0 unspecified atom stereocenters. The van der Waals surface area contributed by atoms with Crippen molar-refractivity contribution in [2.45, 2.75) is 146 Å². The van der Waals surface area contributed by atoms with Crippen molar-refractivity contribution < 1.29 is 33.0 Å². The maximum absolute atomic E-state index is 14.3. The average molecular weight is 965 g/mol. The molecule has 366 valence electrons. The maximum Gasteiger partial charge on any atom is 0.222 e. The van der Waals surface area contributed by atoms with Crippen molar-refractivity contribution in [1.82, 2.24) is 15.5 Å². The van der Waals surface area contributed by atoms with E-state index in [1.807, 2.05) is 47.4 Å². The fourth-order valence-electron chi connectivity index (χ4n) is 7.93. The molecule has 1 heterocycles. The number of ether oxygens (including phenoxy) is 3. The van der Waals surface area contributed by atoms with Crippen LogP contribution in [-0.4, -0.2) is 101 Å². The lowest BCUT2D eigenvalue weighted by atomic mass is 9.80. The van der Waals surface area contributed by atoms with E-state index >= 15 is 0 Å². The lowest BCUT2D eigenvalue weighted by Gasteiger charge is -2.38. The highest BCUT2D eigenvalue weighted by Gasteiger charge is 2.45. The average Bonchev–Trinajstić information content (AvgIpc) is 3.70. The topological polar surface area (TPSA) is 141 Å². The SMILES string of the molecule is COc1ccc(C(OC[C@@H]2C[C@@H](O[Si](C)(C)C(C)(C)C)CN2C(=O)CCCCCNC(=O)CCC(C)(C)SSCCNC(=O)CCCCCN)(c2ccccc2)c2ccc(OC)cc2)cc1. The van der Waals surface area contributed by atoms with Crippen LogP contribution in [0.2, 0.25) is 18.1 Å². The Bertz CT molecular complexity index is 1860. The van der Waals surface area contributed by atoms with Gasteiger partial charge in [0.25, 0.3) is 0 Å². The van der Waals surface area contributed by atoms with Gasteiger partial charge in [0.2, 0.25) is 17.7 Å². The predicted molar refractivity (Wildman–Crippen MR) is 276 cm³/mol. The zero-order chi connectivity index (χ0) is 48.2. The van der Waals surface area contributed by atoms with Gasteiger partial charge in [-0.25, -0.2) is 0 Å². The standard InChI is InChI=1S/C52H80N4O7S2Si/c1-50(2,3)66(8,9)63-46-37-43(39-62-52(40-19-13-10-14-20-40,41-23-27-44(60-6)28-24-41)42-25-29-45(61-7)30-26-42)56(38-46)49(59)22-16-12-18-34-54-48(58)31-32-51(4,5)65-64-36-35-55-47(57)21-15-11-17-33-53/h10,13-14,19-20,23-30,43,46H,11-12,15-18,21-22,31-39,53H2,1-9H3,(H,54,58)(H,55,57)/t43-,46+/m0/s1. The Morgan fingerprint density at radius 3 is 1.88 bits per heavy atom. The largest absolute Gasteiger partial charge is 0.497 e. The summed E-state index contributed by atoms with van der Waals surface area (Å²) in [5.74, 6) is 2.57. The highest BCUT2D eigenvalue weighted by molar-refractivity contribution is 8.77. The Labute approximate surface area is 405 Å². The Kier molecular flexibility index (Phi) is 22.4. The van der Waals surface area contributed by atoms with Gasteiger partial charge in [-0.15, -0.1) is 0 Å². The van der Waals surface area contributed by atoms with Crippen LogP contribution in [0.4, 0.5) is 0 Å². The van der Waals surface area contributed by atoms with E-state index in [1.54, 1.807) is 35.8 Å². The molecule has 0 radical (unpaired) electrons. The summed E-state index contributed by atoms with van der Waals surface area (Å²) < 4.78 is 25.4. The van der Waals surface area contributed by atoms with Gasteiger partial charge < -0.3 is 39.9 Å². The number of methoxy groups -OCH3 is 2. The van der Waals surface area contributed by atoms with Crippen LogP contribution in [-0.2, 0) is 29.1 Å². The molecule has 3 amide bonds. The van der Waals surface area contributed by atoms with Crippen molar-refractivity contribution in [2.24, 2.45) is 5.73 Å². The molecule has 1 saturated heterocycles. The number of hydrogen-bond donors (Lipinski definition) is 3. The van der Waals surface area contributed by atoms with Gasteiger partial charge >= 0.3 is 0 Å². The first-order valence-electron chi connectivity index (χ1n) is 23.9. The first kappa shape index (κ1) is 55.1. The lowest BCUT2D eigenvalue weighted by Crippen LogP contribution is -2.45. The maximum atomic E-state index is 14.3. The van der Waals surface area contributed by atoms with Crippen molar-refractivity contribution in [3.05, 3.63) is 95.6 Å². The molecule has 2 atom stereocenters. The molecule has 3 aromatic carbocycles. The summed E-state index contributed by atoms with van der Waals surface area (Å²) in [4.78, 5) is 41.1. The minimum absolute atomic E-state index is 0.0246. The molecular weight excluding hydrogens is 885 g/mol. The molecule has 4 N–H and O–H groups in total. The van der Waals surface area contributed by atoms with Crippen molar-refractivity contribution >= 4 is 47.6 Å². The molecule has 0 aromatic heterocycles. The number of hydrogen-bond acceptors (Lipinski definition) is 10. The van der Waals surface area contributed by atoms with Gasteiger partial charge in [0.05, 0.1) is 33.0 Å². The molecule has 1 fully saturated rings. The molecule has 0 saturated carbocycles. The second-order valence-corrected chi connectivity index (χ2v) is 27.4. The zero-order valence-corrected chi connectivity index (χ0v) is 44.0. The Morgan fingerprint density at radius 1 is 0.727 bits per heavy atom. The summed E-state index contributed by atoms with van der Waals surface area (Å²) in [5, 5.41) is 6.11. The van der Waals surface area contributed by atoms with Gasteiger partial charge in [-0.1, -0.05) is 110 Å². The number of likely N-dealkylation sites (tertiary alicyclic amines) is 1. The van der Waals surface area contributed by atoms with Crippen LogP contribution in [0.5, 0.6) is 11.5 Å². The summed E-state index contributed by atoms with van der Waals surface area (Å²) >= 11 is 0. The van der Waals surface area contributed by atoms with Crippen LogP contribution < -0.4 is 25.8 Å². The van der Waals surface area contributed by atoms with E-state index in [0.29, 0.717) is 58.5 Å². The molecule has 0 spiro atoms. The molecule has 11 nitrogen and oxygen atoms in total. The first-order valence-corrected chi connectivity index (χ1v) is 29.2. The third-order valence-corrected chi connectivity index (χ3v) is 20.8. The van der Waals surface area contributed by atoms with E-state index in [-0.39, 0.29) is 39.7 Å². The summed E-state index contributed by atoms with van der Waals surface area (Å²) in [5.41, 5.74) is 7.38. The number of carbonyl (C=O) groups is 3. The minimum atomic E-state index is -2.14. The van der Waals surface area contributed by atoms with Crippen molar-refractivity contribution in [3.63, 3.8) is 0 Å². The second-order valence-electron chi connectivity index (χ2n) is 19.5. The van der Waals surface area contributed by atoms with Crippen molar-refractivity contribution in [1.29, 1.82) is 0 Å². The van der Waals surface area contributed by atoms with Crippen LogP contribution >= 0.6 is 21.6 Å². The molecular formula is C52H80N4O7S2Si. The monoisotopic (exact) mass is 965 g/mol. The summed E-state index contributed by atoms with van der Waals surface area (Å²) in [6.07, 6.45) is 7.96. The minimum Gasteiger partial charge on any atom is -0.497 e. The molecule has 0 aliphatic carbocycles. The molecule has 14 heteroatoms. The highest BCUT2D eigenvalue weighted by atomic mass is 33.1. The van der Waals surface area contributed by atoms with Gasteiger partial charge in [0.15, 0.2) is 8.32 Å².